The van der Waals surface area contributed by atoms with Gasteiger partial charge in [0.1, 0.15) is 0 Å². The third-order valence-corrected chi connectivity index (χ3v) is 7.17. The molecule has 1 atom stereocenters. The summed E-state index contributed by atoms with van der Waals surface area (Å²) in [5.41, 5.74) is 1.84. The monoisotopic (exact) mass is 384 g/mol. The van der Waals surface area contributed by atoms with Crippen LogP contribution in [-0.4, -0.2) is 48.6 Å². The Kier molecular flexibility index (Phi) is 4.36. The number of carbonyl (C=O) groups is 2. The third kappa shape index (κ3) is 2.87. The first kappa shape index (κ1) is 17.9. The van der Waals surface area contributed by atoms with Crippen LogP contribution in [0.25, 0.3) is 0 Å². The predicted molar refractivity (Wildman–Crippen MR) is 99.9 cm³/mol. The molecule has 0 aromatic heterocycles. The van der Waals surface area contributed by atoms with Crippen molar-refractivity contribution in [1.82, 2.24) is 9.21 Å². The number of rotatable bonds is 4. The zero-order valence-corrected chi connectivity index (χ0v) is 15.8. The van der Waals surface area contributed by atoms with Crippen molar-refractivity contribution in [2.24, 2.45) is 0 Å². The fourth-order valence-electron chi connectivity index (χ4n) is 3.73. The molecule has 1 fully saturated rings. The Morgan fingerprint density at radius 3 is 2.11 bits per heavy atom. The van der Waals surface area contributed by atoms with Gasteiger partial charge in [-0.1, -0.05) is 31.2 Å². The van der Waals surface area contributed by atoms with E-state index in [1.165, 1.54) is 9.21 Å². The lowest BCUT2D eigenvalue weighted by molar-refractivity contribution is 0.0593. The van der Waals surface area contributed by atoms with E-state index < -0.39 is 16.1 Å². The van der Waals surface area contributed by atoms with Crippen LogP contribution in [0.1, 0.15) is 39.6 Å². The molecule has 2 aromatic rings. The van der Waals surface area contributed by atoms with Crippen molar-refractivity contribution in [1.29, 1.82) is 0 Å². The van der Waals surface area contributed by atoms with Crippen molar-refractivity contribution in [3.05, 3.63) is 65.2 Å². The molecule has 140 valence electrons. The summed E-state index contributed by atoms with van der Waals surface area (Å²) < 4.78 is 27.2. The molecule has 2 aromatic carbocycles. The molecule has 0 radical (unpaired) electrons. The summed E-state index contributed by atoms with van der Waals surface area (Å²) in [6, 6.07) is 13.1. The van der Waals surface area contributed by atoms with Gasteiger partial charge in [-0.25, -0.2) is 8.42 Å². The highest BCUT2D eigenvalue weighted by Crippen LogP contribution is 2.30. The second-order valence-corrected chi connectivity index (χ2v) is 8.77. The first-order chi connectivity index (χ1) is 12.9. The molecule has 2 amide bonds. The number of carbonyl (C=O) groups excluding carboxylic acids is 2. The molecular formula is C20H20N2O4S. The van der Waals surface area contributed by atoms with Crippen molar-refractivity contribution >= 4 is 21.8 Å². The summed E-state index contributed by atoms with van der Waals surface area (Å²) in [6.45, 7) is 2.43. The highest BCUT2D eigenvalue weighted by atomic mass is 32.2. The van der Waals surface area contributed by atoms with E-state index in [-0.39, 0.29) is 29.8 Å². The Bertz CT molecular complexity index is 980. The summed E-state index contributed by atoms with van der Waals surface area (Å²) in [7, 11) is -3.64. The largest absolute Gasteiger partial charge is 0.270 e. The molecule has 6 nitrogen and oxygen atoms in total. The normalized spacial score (nSPS) is 20.3. The lowest BCUT2D eigenvalue weighted by Gasteiger charge is -2.22. The van der Waals surface area contributed by atoms with Gasteiger partial charge in [0.2, 0.25) is 10.0 Å². The standard InChI is InChI=1S/C20H20N2O4S/c1-2-14-7-9-16(10-8-14)27(25,26)21-12-11-15(13-21)22-19(23)17-5-3-4-6-18(17)20(22)24/h3-10,15H,2,11-13H2,1H3. The Morgan fingerprint density at radius 1 is 0.963 bits per heavy atom. The van der Waals surface area contributed by atoms with E-state index in [1.807, 2.05) is 19.1 Å². The number of imide groups is 1. The van der Waals surface area contributed by atoms with Gasteiger partial charge in [-0.3, -0.25) is 14.5 Å². The molecule has 2 heterocycles. The van der Waals surface area contributed by atoms with Crippen LogP contribution in [0.5, 0.6) is 0 Å². The van der Waals surface area contributed by atoms with Crippen molar-refractivity contribution < 1.29 is 18.0 Å². The van der Waals surface area contributed by atoms with Gasteiger partial charge >= 0.3 is 0 Å². The van der Waals surface area contributed by atoms with Gasteiger partial charge in [0.25, 0.3) is 11.8 Å². The maximum Gasteiger partial charge on any atom is 0.261 e. The van der Waals surface area contributed by atoms with Crippen LogP contribution in [0.15, 0.2) is 53.4 Å². The van der Waals surface area contributed by atoms with E-state index >= 15 is 0 Å². The molecular weight excluding hydrogens is 364 g/mol. The van der Waals surface area contributed by atoms with Crippen LogP contribution in [0.2, 0.25) is 0 Å². The fourth-order valence-corrected chi connectivity index (χ4v) is 5.22. The fraction of sp³-hybridized carbons (Fsp3) is 0.300. The summed E-state index contributed by atoms with van der Waals surface area (Å²) in [4.78, 5) is 26.7. The van der Waals surface area contributed by atoms with Crippen molar-refractivity contribution in [3.63, 3.8) is 0 Å². The van der Waals surface area contributed by atoms with Crippen LogP contribution in [-0.2, 0) is 16.4 Å². The minimum Gasteiger partial charge on any atom is -0.270 e. The van der Waals surface area contributed by atoms with Gasteiger partial charge in [0.15, 0.2) is 0 Å². The average molecular weight is 384 g/mol. The van der Waals surface area contributed by atoms with Gasteiger partial charge in [0.05, 0.1) is 22.1 Å². The van der Waals surface area contributed by atoms with Crippen LogP contribution in [0.4, 0.5) is 0 Å². The summed E-state index contributed by atoms with van der Waals surface area (Å²) in [6.07, 6.45) is 1.28. The number of aryl methyl sites for hydroxylation is 1. The number of nitrogens with zero attached hydrogens (tertiary/aromatic N) is 2. The van der Waals surface area contributed by atoms with Crippen molar-refractivity contribution in [2.75, 3.05) is 13.1 Å². The molecule has 0 saturated carbocycles. The second kappa shape index (κ2) is 6.58. The zero-order chi connectivity index (χ0) is 19.2. The molecule has 1 unspecified atom stereocenters. The quantitative estimate of drug-likeness (QED) is 0.758. The summed E-state index contributed by atoms with van der Waals surface area (Å²) >= 11 is 0. The van der Waals surface area contributed by atoms with E-state index in [2.05, 4.69) is 0 Å². The number of hydrogen-bond donors (Lipinski definition) is 0. The smallest absolute Gasteiger partial charge is 0.261 e. The van der Waals surface area contributed by atoms with Crippen molar-refractivity contribution in [3.8, 4) is 0 Å². The van der Waals surface area contributed by atoms with Crippen LogP contribution >= 0.6 is 0 Å². The molecule has 0 aliphatic carbocycles. The lowest BCUT2D eigenvalue weighted by Crippen LogP contribution is -2.42. The molecule has 0 spiro atoms. The minimum absolute atomic E-state index is 0.128. The number of hydrogen-bond acceptors (Lipinski definition) is 4. The summed E-state index contributed by atoms with van der Waals surface area (Å²) in [5, 5.41) is 0. The number of sulfonamides is 1. The van der Waals surface area contributed by atoms with Crippen LogP contribution in [0, 0.1) is 0 Å². The lowest BCUT2D eigenvalue weighted by atomic mass is 10.1. The number of amides is 2. The minimum atomic E-state index is -3.64. The topological polar surface area (TPSA) is 74.8 Å². The van der Waals surface area contributed by atoms with Gasteiger partial charge in [-0.2, -0.15) is 4.31 Å². The third-order valence-electron chi connectivity index (χ3n) is 5.29. The molecule has 0 N–H and O–H groups in total. The SMILES string of the molecule is CCc1ccc(S(=O)(=O)N2CCC(N3C(=O)c4ccccc4C3=O)C2)cc1. The molecule has 1 saturated heterocycles. The average Bonchev–Trinajstić information content (AvgIpc) is 3.26. The van der Waals surface area contributed by atoms with Gasteiger partial charge < -0.3 is 0 Å². The Balaban J connectivity index is 1.55. The Labute approximate surface area is 158 Å². The molecule has 2 aliphatic heterocycles. The zero-order valence-electron chi connectivity index (χ0n) is 15.0. The molecule has 0 bridgehead atoms. The molecule has 4 rings (SSSR count). The van der Waals surface area contributed by atoms with Gasteiger partial charge in [0, 0.05) is 13.1 Å². The second-order valence-electron chi connectivity index (χ2n) is 6.83. The predicted octanol–water partition coefficient (Wildman–Crippen LogP) is 2.31. The van der Waals surface area contributed by atoms with E-state index in [1.54, 1.807) is 36.4 Å². The molecule has 2 aliphatic rings. The van der Waals surface area contributed by atoms with E-state index in [4.69, 9.17) is 0 Å². The first-order valence-electron chi connectivity index (χ1n) is 8.99. The molecule has 7 heteroatoms. The maximum absolute atomic E-state index is 12.9. The van der Waals surface area contributed by atoms with Crippen LogP contribution in [0.3, 0.4) is 0 Å². The van der Waals surface area contributed by atoms with E-state index in [0.717, 1.165) is 12.0 Å². The Morgan fingerprint density at radius 2 is 1.56 bits per heavy atom. The van der Waals surface area contributed by atoms with Gasteiger partial charge in [-0.15, -0.1) is 0 Å². The highest BCUT2D eigenvalue weighted by molar-refractivity contribution is 7.89. The van der Waals surface area contributed by atoms with E-state index in [9.17, 15) is 18.0 Å². The first-order valence-corrected chi connectivity index (χ1v) is 10.4. The van der Waals surface area contributed by atoms with Crippen molar-refractivity contribution in [2.45, 2.75) is 30.7 Å². The van der Waals surface area contributed by atoms with E-state index in [0.29, 0.717) is 17.5 Å². The number of fused-ring (bicyclic) bond motifs is 1. The highest BCUT2D eigenvalue weighted by Gasteiger charge is 2.44. The number of benzene rings is 2. The summed E-state index contributed by atoms with van der Waals surface area (Å²) in [5.74, 6) is -0.681. The maximum atomic E-state index is 12.9. The Hall–Kier alpha value is -2.51. The van der Waals surface area contributed by atoms with Gasteiger partial charge in [-0.05, 0) is 42.7 Å². The molecule has 27 heavy (non-hydrogen) atoms. The van der Waals surface area contributed by atoms with Crippen LogP contribution < -0.4 is 0 Å².